The van der Waals surface area contributed by atoms with Crippen LogP contribution in [0, 0.1) is 5.92 Å². The molecule has 2 fully saturated rings. The zero-order valence-electron chi connectivity index (χ0n) is 11.1. The number of carbonyl (C=O) groups is 1. The maximum atomic E-state index is 11.4. The SMILES string of the molecule is O=C(O)C1CCCCCCN1CC1CCCOC1. The smallest absolute Gasteiger partial charge is 0.320 e. The maximum absolute atomic E-state index is 11.4. The number of carboxylic acid groups (broad SMARTS) is 1. The number of ether oxygens (including phenoxy) is 1. The zero-order valence-corrected chi connectivity index (χ0v) is 11.1. The predicted octanol–water partition coefficient (Wildman–Crippen LogP) is 2.13. The molecule has 4 nitrogen and oxygen atoms in total. The van der Waals surface area contributed by atoms with E-state index in [0.717, 1.165) is 52.0 Å². The van der Waals surface area contributed by atoms with Gasteiger partial charge >= 0.3 is 5.97 Å². The summed E-state index contributed by atoms with van der Waals surface area (Å²) in [6.07, 6.45) is 7.72. The van der Waals surface area contributed by atoms with Gasteiger partial charge in [-0.25, -0.2) is 0 Å². The number of likely N-dealkylation sites (tertiary alicyclic amines) is 1. The average Bonchev–Trinajstić information content (AvgIpc) is 2.33. The molecule has 2 unspecified atom stereocenters. The molecule has 0 amide bonds. The summed E-state index contributed by atoms with van der Waals surface area (Å²) >= 11 is 0. The van der Waals surface area contributed by atoms with Crippen molar-refractivity contribution in [2.45, 2.75) is 51.0 Å². The fourth-order valence-corrected chi connectivity index (χ4v) is 3.13. The Balaban J connectivity index is 1.92. The Hall–Kier alpha value is -0.610. The standard InChI is InChI=1S/C14H25NO3/c16-14(17)13-7-3-1-2-4-8-15(13)10-12-6-5-9-18-11-12/h12-13H,1-11H2,(H,16,17). The van der Waals surface area contributed by atoms with E-state index in [-0.39, 0.29) is 6.04 Å². The highest BCUT2D eigenvalue weighted by Crippen LogP contribution is 2.21. The minimum atomic E-state index is -0.645. The van der Waals surface area contributed by atoms with Crippen molar-refractivity contribution in [2.24, 2.45) is 5.92 Å². The second kappa shape index (κ2) is 7.10. The third kappa shape index (κ3) is 3.95. The molecule has 18 heavy (non-hydrogen) atoms. The fraction of sp³-hybridized carbons (Fsp3) is 0.929. The molecule has 2 rings (SSSR count). The molecule has 2 aliphatic rings. The van der Waals surface area contributed by atoms with Crippen LogP contribution in [0.3, 0.4) is 0 Å². The van der Waals surface area contributed by atoms with E-state index in [9.17, 15) is 9.90 Å². The van der Waals surface area contributed by atoms with Gasteiger partial charge in [0.05, 0.1) is 6.61 Å². The lowest BCUT2D eigenvalue weighted by atomic mass is 9.97. The molecule has 0 aromatic carbocycles. The Morgan fingerprint density at radius 1 is 1.17 bits per heavy atom. The van der Waals surface area contributed by atoms with Gasteiger partial charge in [-0.2, -0.15) is 0 Å². The van der Waals surface area contributed by atoms with Crippen LogP contribution in [-0.2, 0) is 9.53 Å². The molecule has 2 atom stereocenters. The normalized spacial score (nSPS) is 31.6. The molecule has 0 radical (unpaired) electrons. The first-order valence-corrected chi connectivity index (χ1v) is 7.32. The lowest BCUT2D eigenvalue weighted by molar-refractivity contribution is -0.144. The van der Waals surface area contributed by atoms with E-state index < -0.39 is 5.97 Å². The minimum Gasteiger partial charge on any atom is -0.480 e. The summed E-state index contributed by atoms with van der Waals surface area (Å²) in [6.45, 7) is 3.52. The molecule has 2 saturated heterocycles. The van der Waals surface area contributed by atoms with Crippen molar-refractivity contribution in [3.63, 3.8) is 0 Å². The first-order chi connectivity index (χ1) is 8.77. The summed E-state index contributed by atoms with van der Waals surface area (Å²) in [5, 5.41) is 9.38. The zero-order chi connectivity index (χ0) is 12.8. The van der Waals surface area contributed by atoms with E-state index in [0.29, 0.717) is 5.92 Å². The van der Waals surface area contributed by atoms with Crippen molar-refractivity contribution in [3.05, 3.63) is 0 Å². The Kier molecular flexibility index (Phi) is 5.45. The number of rotatable bonds is 3. The molecule has 104 valence electrons. The summed E-state index contributed by atoms with van der Waals surface area (Å²) in [5.74, 6) is -0.117. The largest absolute Gasteiger partial charge is 0.480 e. The highest BCUT2D eigenvalue weighted by molar-refractivity contribution is 5.73. The molecule has 0 aromatic rings. The highest BCUT2D eigenvalue weighted by atomic mass is 16.5. The van der Waals surface area contributed by atoms with Crippen LogP contribution in [0.25, 0.3) is 0 Å². The second-order valence-corrected chi connectivity index (χ2v) is 5.64. The molecule has 2 aliphatic heterocycles. The molecule has 1 N–H and O–H groups in total. The topological polar surface area (TPSA) is 49.8 Å². The Morgan fingerprint density at radius 3 is 2.72 bits per heavy atom. The highest BCUT2D eigenvalue weighted by Gasteiger charge is 2.28. The average molecular weight is 255 g/mol. The van der Waals surface area contributed by atoms with Crippen LogP contribution in [0.1, 0.15) is 44.9 Å². The second-order valence-electron chi connectivity index (χ2n) is 5.64. The summed E-state index contributed by atoms with van der Waals surface area (Å²) in [4.78, 5) is 13.6. The van der Waals surface area contributed by atoms with Crippen molar-refractivity contribution in [1.82, 2.24) is 4.90 Å². The first-order valence-electron chi connectivity index (χ1n) is 7.32. The summed E-state index contributed by atoms with van der Waals surface area (Å²) in [7, 11) is 0. The van der Waals surface area contributed by atoms with E-state index in [1.54, 1.807) is 0 Å². The Bertz CT molecular complexity index is 264. The van der Waals surface area contributed by atoms with Crippen molar-refractivity contribution >= 4 is 5.97 Å². The first kappa shape index (κ1) is 13.8. The quantitative estimate of drug-likeness (QED) is 0.839. The third-order valence-corrected chi connectivity index (χ3v) is 4.15. The molecular formula is C14H25NO3. The van der Waals surface area contributed by atoms with Gasteiger partial charge in [0.1, 0.15) is 6.04 Å². The van der Waals surface area contributed by atoms with Gasteiger partial charge in [0, 0.05) is 13.2 Å². The van der Waals surface area contributed by atoms with Crippen molar-refractivity contribution in [1.29, 1.82) is 0 Å². The van der Waals surface area contributed by atoms with E-state index in [1.807, 2.05) is 0 Å². The van der Waals surface area contributed by atoms with Crippen LogP contribution in [0.2, 0.25) is 0 Å². The van der Waals surface area contributed by atoms with E-state index >= 15 is 0 Å². The summed E-state index contributed by atoms with van der Waals surface area (Å²) in [5.41, 5.74) is 0. The van der Waals surface area contributed by atoms with Crippen molar-refractivity contribution in [2.75, 3.05) is 26.3 Å². The van der Waals surface area contributed by atoms with Crippen LogP contribution in [0.15, 0.2) is 0 Å². The fourth-order valence-electron chi connectivity index (χ4n) is 3.13. The van der Waals surface area contributed by atoms with E-state index in [1.165, 1.54) is 19.3 Å². The number of carboxylic acids is 1. The molecule has 0 spiro atoms. The van der Waals surface area contributed by atoms with Gasteiger partial charge in [-0.05, 0) is 38.1 Å². The molecule has 4 heteroatoms. The van der Waals surface area contributed by atoms with Crippen LogP contribution < -0.4 is 0 Å². The van der Waals surface area contributed by atoms with Crippen molar-refractivity contribution in [3.8, 4) is 0 Å². The van der Waals surface area contributed by atoms with Crippen molar-refractivity contribution < 1.29 is 14.6 Å². The maximum Gasteiger partial charge on any atom is 0.320 e. The number of nitrogens with zero attached hydrogens (tertiary/aromatic N) is 1. The van der Waals surface area contributed by atoms with Gasteiger partial charge in [-0.1, -0.05) is 19.3 Å². The molecule has 2 heterocycles. The van der Waals surface area contributed by atoms with Gasteiger partial charge in [-0.3, -0.25) is 9.69 Å². The van der Waals surface area contributed by atoms with E-state index in [4.69, 9.17) is 4.74 Å². The lowest BCUT2D eigenvalue weighted by Gasteiger charge is -2.34. The van der Waals surface area contributed by atoms with Crippen LogP contribution in [0.5, 0.6) is 0 Å². The number of hydrogen-bond donors (Lipinski definition) is 1. The van der Waals surface area contributed by atoms with Crippen LogP contribution in [0.4, 0.5) is 0 Å². The molecule has 0 aliphatic carbocycles. The summed E-state index contributed by atoms with van der Waals surface area (Å²) < 4.78 is 5.50. The molecule has 0 bridgehead atoms. The van der Waals surface area contributed by atoms with Gasteiger partial charge in [0.2, 0.25) is 0 Å². The summed E-state index contributed by atoms with van der Waals surface area (Å²) in [6, 6.07) is -0.271. The number of hydrogen-bond acceptors (Lipinski definition) is 3. The lowest BCUT2D eigenvalue weighted by Crippen LogP contribution is -2.46. The van der Waals surface area contributed by atoms with E-state index in [2.05, 4.69) is 4.90 Å². The Labute approximate surface area is 109 Å². The van der Waals surface area contributed by atoms with Crippen LogP contribution >= 0.6 is 0 Å². The van der Waals surface area contributed by atoms with Crippen LogP contribution in [-0.4, -0.2) is 48.3 Å². The predicted molar refractivity (Wildman–Crippen MR) is 69.6 cm³/mol. The number of aliphatic carboxylic acids is 1. The molecule has 0 saturated carbocycles. The van der Waals surface area contributed by atoms with Gasteiger partial charge in [0.15, 0.2) is 0 Å². The van der Waals surface area contributed by atoms with Gasteiger partial charge in [-0.15, -0.1) is 0 Å². The Morgan fingerprint density at radius 2 is 2.00 bits per heavy atom. The molecule has 0 aromatic heterocycles. The monoisotopic (exact) mass is 255 g/mol. The minimum absolute atomic E-state index is 0.271. The molecular weight excluding hydrogens is 230 g/mol. The van der Waals surface area contributed by atoms with Gasteiger partial charge < -0.3 is 9.84 Å². The third-order valence-electron chi connectivity index (χ3n) is 4.15. The van der Waals surface area contributed by atoms with Gasteiger partial charge in [0.25, 0.3) is 0 Å².